The molecule has 0 saturated heterocycles. The smallest absolute Gasteiger partial charge is 0.341 e. The van der Waals surface area contributed by atoms with Gasteiger partial charge in [-0.1, -0.05) is 20.8 Å². The predicted octanol–water partition coefficient (Wildman–Crippen LogP) is 2.47. The van der Waals surface area contributed by atoms with Crippen molar-refractivity contribution in [3.63, 3.8) is 0 Å². The lowest BCUT2D eigenvalue weighted by molar-refractivity contribution is -0.159. The van der Waals surface area contributed by atoms with Gasteiger partial charge in [0.05, 0.1) is 5.92 Å². The SMILES string of the molecule is CC(C)(C)C1CCC(C(=O)OCC(=O)O)CC1. The summed E-state index contributed by atoms with van der Waals surface area (Å²) in [5.41, 5.74) is 0.288. The van der Waals surface area contributed by atoms with Gasteiger partial charge in [0.2, 0.25) is 0 Å². The Morgan fingerprint density at radius 3 is 2.12 bits per heavy atom. The van der Waals surface area contributed by atoms with Crippen LogP contribution in [0, 0.1) is 17.3 Å². The summed E-state index contributed by atoms with van der Waals surface area (Å²) in [5.74, 6) is -0.902. The van der Waals surface area contributed by atoms with Gasteiger partial charge in [0.1, 0.15) is 0 Å². The Kier molecular flexibility index (Phi) is 4.54. The van der Waals surface area contributed by atoms with Crippen LogP contribution in [-0.2, 0) is 14.3 Å². The Morgan fingerprint density at radius 2 is 1.71 bits per heavy atom. The summed E-state index contributed by atoms with van der Waals surface area (Å²) < 4.78 is 4.73. The fraction of sp³-hybridized carbons (Fsp3) is 0.846. The Hall–Kier alpha value is -1.06. The first-order valence-corrected chi connectivity index (χ1v) is 6.19. The third kappa shape index (κ3) is 4.36. The summed E-state index contributed by atoms with van der Waals surface area (Å²) in [4.78, 5) is 21.9. The van der Waals surface area contributed by atoms with Gasteiger partial charge >= 0.3 is 11.9 Å². The standard InChI is InChI=1S/C13H22O4/c1-13(2,3)10-6-4-9(5-7-10)12(16)17-8-11(14)15/h9-10H,4-8H2,1-3H3,(H,14,15). The van der Waals surface area contributed by atoms with Gasteiger partial charge in [0.15, 0.2) is 6.61 Å². The molecular weight excluding hydrogens is 220 g/mol. The summed E-state index contributed by atoms with van der Waals surface area (Å²) in [5, 5.41) is 8.43. The van der Waals surface area contributed by atoms with Crippen LogP contribution in [0.1, 0.15) is 46.5 Å². The van der Waals surface area contributed by atoms with Gasteiger partial charge in [-0.05, 0) is 37.0 Å². The fourth-order valence-corrected chi connectivity index (χ4v) is 2.45. The molecule has 0 unspecified atom stereocenters. The predicted molar refractivity (Wildman–Crippen MR) is 63.5 cm³/mol. The first-order valence-electron chi connectivity index (χ1n) is 6.19. The highest BCUT2D eigenvalue weighted by atomic mass is 16.5. The molecule has 0 aromatic carbocycles. The number of carbonyl (C=O) groups is 2. The highest BCUT2D eigenvalue weighted by Crippen LogP contribution is 2.39. The van der Waals surface area contributed by atoms with E-state index in [-0.39, 0.29) is 17.3 Å². The quantitative estimate of drug-likeness (QED) is 0.772. The second-order valence-corrected chi connectivity index (χ2v) is 5.92. The molecule has 1 saturated carbocycles. The number of esters is 1. The van der Waals surface area contributed by atoms with Crippen LogP contribution >= 0.6 is 0 Å². The molecule has 1 fully saturated rings. The first-order chi connectivity index (χ1) is 7.80. The van der Waals surface area contributed by atoms with E-state index >= 15 is 0 Å². The van der Waals surface area contributed by atoms with Crippen LogP contribution in [0.4, 0.5) is 0 Å². The maximum atomic E-state index is 11.6. The van der Waals surface area contributed by atoms with E-state index in [0.717, 1.165) is 25.7 Å². The lowest BCUT2D eigenvalue weighted by Crippen LogP contribution is -2.30. The van der Waals surface area contributed by atoms with Crippen LogP contribution < -0.4 is 0 Å². The van der Waals surface area contributed by atoms with Crippen LogP contribution in [-0.4, -0.2) is 23.7 Å². The molecule has 0 radical (unpaired) electrons. The topological polar surface area (TPSA) is 63.6 Å². The van der Waals surface area contributed by atoms with E-state index in [9.17, 15) is 9.59 Å². The Morgan fingerprint density at radius 1 is 1.18 bits per heavy atom. The van der Waals surface area contributed by atoms with Crippen molar-refractivity contribution in [2.45, 2.75) is 46.5 Å². The minimum absolute atomic E-state index is 0.104. The van der Waals surface area contributed by atoms with Gasteiger partial charge in [0, 0.05) is 0 Å². The van der Waals surface area contributed by atoms with Crippen molar-refractivity contribution in [3.8, 4) is 0 Å². The number of rotatable bonds is 3. The number of ether oxygens (including phenoxy) is 1. The number of hydrogen-bond donors (Lipinski definition) is 1. The molecule has 0 spiro atoms. The Labute approximate surface area is 102 Å². The molecule has 4 heteroatoms. The van der Waals surface area contributed by atoms with Crippen LogP contribution in [0.5, 0.6) is 0 Å². The molecule has 17 heavy (non-hydrogen) atoms. The second-order valence-electron chi connectivity index (χ2n) is 5.92. The highest BCUT2D eigenvalue weighted by Gasteiger charge is 2.33. The molecule has 1 aliphatic rings. The molecule has 0 aromatic rings. The van der Waals surface area contributed by atoms with Crippen LogP contribution in [0.3, 0.4) is 0 Å². The van der Waals surface area contributed by atoms with Gasteiger partial charge in [-0.3, -0.25) is 4.79 Å². The van der Waals surface area contributed by atoms with Gasteiger partial charge in [-0.25, -0.2) is 4.79 Å². The molecule has 0 amide bonds. The van der Waals surface area contributed by atoms with Crippen LogP contribution in [0.25, 0.3) is 0 Å². The average Bonchev–Trinajstić information content (AvgIpc) is 2.25. The average molecular weight is 242 g/mol. The van der Waals surface area contributed by atoms with Crippen molar-refractivity contribution in [1.82, 2.24) is 0 Å². The molecule has 4 nitrogen and oxygen atoms in total. The minimum Gasteiger partial charge on any atom is -0.479 e. The third-order valence-electron chi connectivity index (χ3n) is 3.62. The zero-order valence-corrected chi connectivity index (χ0v) is 10.9. The largest absolute Gasteiger partial charge is 0.479 e. The maximum absolute atomic E-state index is 11.6. The van der Waals surface area contributed by atoms with Crippen LogP contribution in [0.2, 0.25) is 0 Å². The number of carboxylic acids is 1. The van der Waals surface area contributed by atoms with E-state index in [1.807, 2.05) is 0 Å². The molecule has 0 atom stereocenters. The number of carbonyl (C=O) groups excluding carboxylic acids is 1. The van der Waals surface area contributed by atoms with Gasteiger partial charge in [0.25, 0.3) is 0 Å². The van der Waals surface area contributed by atoms with Crippen LogP contribution in [0.15, 0.2) is 0 Å². The first kappa shape index (κ1) is 14.0. The molecule has 0 bridgehead atoms. The van der Waals surface area contributed by atoms with Crippen molar-refractivity contribution in [3.05, 3.63) is 0 Å². The van der Waals surface area contributed by atoms with E-state index < -0.39 is 12.6 Å². The van der Waals surface area contributed by atoms with E-state index in [1.165, 1.54) is 0 Å². The van der Waals surface area contributed by atoms with E-state index in [4.69, 9.17) is 9.84 Å². The summed E-state index contributed by atoms with van der Waals surface area (Å²) >= 11 is 0. The molecule has 0 aliphatic heterocycles. The van der Waals surface area contributed by atoms with Crippen molar-refractivity contribution < 1.29 is 19.4 Å². The van der Waals surface area contributed by atoms with Crippen molar-refractivity contribution in [1.29, 1.82) is 0 Å². The minimum atomic E-state index is -1.10. The summed E-state index contributed by atoms with van der Waals surface area (Å²) in [6.45, 7) is 6.15. The Balaban J connectivity index is 2.36. The van der Waals surface area contributed by atoms with E-state index in [2.05, 4.69) is 20.8 Å². The normalized spacial score (nSPS) is 25.4. The molecule has 1 N–H and O–H groups in total. The van der Waals surface area contributed by atoms with Crippen molar-refractivity contribution in [2.75, 3.05) is 6.61 Å². The second kappa shape index (κ2) is 5.52. The van der Waals surface area contributed by atoms with E-state index in [1.54, 1.807) is 0 Å². The fourth-order valence-electron chi connectivity index (χ4n) is 2.45. The third-order valence-corrected chi connectivity index (χ3v) is 3.62. The monoisotopic (exact) mass is 242 g/mol. The summed E-state index contributed by atoms with van der Waals surface area (Å²) in [7, 11) is 0. The summed E-state index contributed by atoms with van der Waals surface area (Å²) in [6, 6.07) is 0. The molecule has 1 aliphatic carbocycles. The zero-order chi connectivity index (χ0) is 13.1. The van der Waals surface area contributed by atoms with Crippen molar-refractivity contribution in [2.24, 2.45) is 17.3 Å². The highest BCUT2D eigenvalue weighted by molar-refractivity contribution is 5.76. The number of aliphatic carboxylic acids is 1. The Bertz CT molecular complexity index is 282. The molecule has 0 heterocycles. The van der Waals surface area contributed by atoms with Crippen molar-refractivity contribution >= 4 is 11.9 Å². The molecular formula is C13H22O4. The van der Waals surface area contributed by atoms with Gasteiger partial charge in [-0.2, -0.15) is 0 Å². The number of hydrogen-bond acceptors (Lipinski definition) is 3. The number of carboxylic acid groups (broad SMARTS) is 1. The molecule has 0 aromatic heterocycles. The summed E-state index contributed by atoms with van der Waals surface area (Å²) in [6.07, 6.45) is 3.69. The molecule has 1 rings (SSSR count). The van der Waals surface area contributed by atoms with Gasteiger partial charge < -0.3 is 9.84 Å². The lowest BCUT2D eigenvalue weighted by Gasteiger charge is -2.36. The van der Waals surface area contributed by atoms with E-state index in [0.29, 0.717) is 5.92 Å². The molecule has 98 valence electrons. The maximum Gasteiger partial charge on any atom is 0.341 e. The van der Waals surface area contributed by atoms with Gasteiger partial charge in [-0.15, -0.1) is 0 Å². The zero-order valence-electron chi connectivity index (χ0n) is 10.9. The lowest BCUT2D eigenvalue weighted by atomic mass is 9.70.